The maximum Gasteiger partial charge on any atom is 0.267 e. The predicted octanol–water partition coefficient (Wildman–Crippen LogP) is 3.43. The third kappa shape index (κ3) is 5.64. The SMILES string of the molecule is CC(=O)Nc1ccc(NC(=O)/C(C#N)=C\N2CCN(c3cccc(C)c3C)CC2)cc1. The van der Waals surface area contributed by atoms with Crippen molar-refractivity contribution in [3.05, 3.63) is 65.4 Å². The van der Waals surface area contributed by atoms with Crippen molar-refractivity contribution in [2.75, 3.05) is 41.7 Å². The molecule has 0 radical (unpaired) electrons. The van der Waals surface area contributed by atoms with Gasteiger partial charge in [-0.15, -0.1) is 0 Å². The Bertz CT molecular complexity index is 1030. The van der Waals surface area contributed by atoms with Crippen molar-refractivity contribution in [2.24, 2.45) is 0 Å². The zero-order chi connectivity index (χ0) is 22.4. The molecular formula is C24H27N5O2. The molecule has 0 aliphatic carbocycles. The van der Waals surface area contributed by atoms with Crippen molar-refractivity contribution >= 4 is 28.9 Å². The molecule has 0 spiro atoms. The van der Waals surface area contributed by atoms with Gasteiger partial charge in [-0.05, 0) is 55.3 Å². The van der Waals surface area contributed by atoms with Crippen LogP contribution in [-0.2, 0) is 9.59 Å². The van der Waals surface area contributed by atoms with Gasteiger partial charge in [0, 0.05) is 56.4 Å². The van der Waals surface area contributed by atoms with Gasteiger partial charge in [0.2, 0.25) is 5.91 Å². The summed E-state index contributed by atoms with van der Waals surface area (Å²) in [5, 5.41) is 14.9. The van der Waals surface area contributed by atoms with Crippen LogP contribution in [0, 0.1) is 25.2 Å². The lowest BCUT2D eigenvalue weighted by atomic mass is 10.1. The van der Waals surface area contributed by atoms with E-state index in [1.54, 1.807) is 30.5 Å². The first-order chi connectivity index (χ1) is 14.9. The van der Waals surface area contributed by atoms with Gasteiger partial charge in [-0.2, -0.15) is 5.26 Å². The first-order valence-electron chi connectivity index (χ1n) is 10.2. The van der Waals surface area contributed by atoms with Crippen LogP contribution in [-0.4, -0.2) is 42.9 Å². The fraction of sp³-hybridized carbons (Fsp3) is 0.292. The van der Waals surface area contributed by atoms with Crippen LogP contribution in [0.3, 0.4) is 0 Å². The standard InChI is InChI=1S/C24H27N5O2/c1-17-5-4-6-23(18(17)2)29-13-11-28(12-14-29)16-20(15-25)24(31)27-22-9-7-21(8-10-22)26-19(3)30/h4-10,16H,11-14H2,1-3H3,(H,26,30)(H,27,31)/b20-16-. The quantitative estimate of drug-likeness (QED) is 0.575. The summed E-state index contributed by atoms with van der Waals surface area (Å²) in [6.45, 7) is 8.80. The number of benzene rings is 2. The molecule has 3 rings (SSSR count). The number of nitrogens with zero attached hydrogens (tertiary/aromatic N) is 3. The third-order valence-corrected chi connectivity index (χ3v) is 5.37. The molecule has 1 aliphatic rings. The number of amides is 2. The van der Waals surface area contributed by atoms with Gasteiger partial charge in [0.1, 0.15) is 11.6 Å². The first-order valence-corrected chi connectivity index (χ1v) is 10.2. The molecule has 7 heteroatoms. The first kappa shape index (κ1) is 21.9. The number of hydrogen-bond acceptors (Lipinski definition) is 5. The molecular weight excluding hydrogens is 390 g/mol. The number of anilines is 3. The molecule has 0 atom stereocenters. The topological polar surface area (TPSA) is 88.5 Å². The highest BCUT2D eigenvalue weighted by molar-refractivity contribution is 6.06. The van der Waals surface area contributed by atoms with Crippen LogP contribution in [0.1, 0.15) is 18.1 Å². The van der Waals surface area contributed by atoms with E-state index in [1.807, 2.05) is 11.0 Å². The molecule has 2 aromatic carbocycles. The fourth-order valence-corrected chi connectivity index (χ4v) is 3.53. The Hall–Kier alpha value is -3.79. The molecule has 1 aliphatic heterocycles. The normalized spacial score (nSPS) is 14.1. The molecule has 2 amide bonds. The Balaban J connectivity index is 1.60. The summed E-state index contributed by atoms with van der Waals surface area (Å²) in [6, 6.07) is 15.1. The Labute approximate surface area is 183 Å². The van der Waals surface area contributed by atoms with Crippen LogP contribution >= 0.6 is 0 Å². The summed E-state index contributed by atoms with van der Waals surface area (Å²) in [5.41, 5.74) is 5.06. The van der Waals surface area contributed by atoms with Gasteiger partial charge in [-0.3, -0.25) is 9.59 Å². The van der Waals surface area contributed by atoms with E-state index in [1.165, 1.54) is 23.7 Å². The van der Waals surface area contributed by atoms with Crippen molar-refractivity contribution in [2.45, 2.75) is 20.8 Å². The Morgan fingerprint density at radius 1 is 0.968 bits per heavy atom. The Morgan fingerprint density at radius 2 is 1.58 bits per heavy atom. The highest BCUT2D eigenvalue weighted by Gasteiger charge is 2.19. The minimum absolute atomic E-state index is 0.0612. The lowest BCUT2D eigenvalue weighted by molar-refractivity contribution is -0.114. The van der Waals surface area contributed by atoms with Gasteiger partial charge in [0.25, 0.3) is 5.91 Å². The summed E-state index contributed by atoms with van der Waals surface area (Å²) in [7, 11) is 0. The molecule has 1 heterocycles. The summed E-state index contributed by atoms with van der Waals surface area (Å²) in [6.07, 6.45) is 1.64. The van der Waals surface area contributed by atoms with E-state index in [2.05, 4.69) is 47.6 Å². The number of carbonyl (C=O) groups excluding carboxylic acids is 2. The van der Waals surface area contributed by atoms with E-state index >= 15 is 0 Å². The van der Waals surface area contributed by atoms with E-state index in [4.69, 9.17) is 0 Å². The maximum absolute atomic E-state index is 12.5. The predicted molar refractivity (Wildman–Crippen MR) is 123 cm³/mol. The maximum atomic E-state index is 12.5. The third-order valence-electron chi connectivity index (χ3n) is 5.37. The highest BCUT2D eigenvalue weighted by Crippen LogP contribution is 2.24. The van der Waals surface area contributed by atoms with E-state index in [-0.39, 0.29) is 11.5 Å². The number of hydrogen-bond donors (Lipinski definition) is 2. The smallest absolute Gasteiger partial charge is 0.267 e. The number of rotatable bonds is 5. The van der Waals surface area contributed by atoms with Gasteiger partial charge < -0.3 is 20.4 Å². The van der Waals surface area contributed by atoms with E-state index in [9.17, 15) is 14.9 Å². The number of nitriles is 1. The van der Waals surface area contributed by atoms with Crippen LogP contribution in [0.4, 0.5) is 17.1 Å². The summed E-state index contributed by atoms with van der Waals surface area (Å²) >= 11 is 0. The molecule has 0 aromatic heterocycles. The van der Waals surface area contributed by atoms with Gasteiger partial charge in [0.05, 0.1) is 0 Å². The molecule has 160 valence electrons. The monoisotopic (exact) mass is 417 g/mol. The second-order valence-corrected chi connectivity index (χ2v) is 7.61. The van der Waals surface area contributed by atoms with Crippen molar-refractivity contribution < 1.29 is 9.59 Å². The number of nitrogens with one attached hydrogen (secondary N) is 2. The van der Waals surface area contributed by atoms with Crippen molar-refractivity contribution in [3.63, 3.8) is 0 Å². The average Bonchev–Trinajstić information content (AvgIpc) is 2.75. The van der Waals surface area contributed by atoms with Gasteiger partial charge >= 0.3 is 0 Å². The second-order valence-electron chi connectivity index (χ2n) is 7.61. The van der Waals surface area contributed by atoms with Gasteiger partial charge in [0.15, 0.2) is 0 Å². The largest absolute Gasteiger partial charge is 0.373 e. The molecule has 7 nitrogen and oxygen atoms in total. The lowest BCUT2D eigenvalue weighted by Gasteiger charge is -2.36. The van der Waals surface area contributed by atoms with E-state index in [0.717, 1.165) is 26.2 Å². The lowest BCUT2D eigenvalue weighted by Crippen LogP contribution is -2.44. The van der Waals surface area contributed by atoms with Crippen molar-refractivity contribution in [1.82, 2.24) is 4.90 Å². The molecule has 0 bridgehead atoms. The number of carbonyl (C=O) groups is 2. The van der Waals surface area contributed by atoms with Crippen molar-refractivity contribution in [3.8, 4) is 6.07 Å². The molecule has 1 fully saturated rings. The van der Waals surface area contributed by atoms with Gasteiger partial charge in [-0.25, -0.2) is 0 Å². The molecule has 2 aromatic rings. The molecule has 31 heavy (non-hydrogen) atoms. The molecule has 0 unspecified atom stereocenters. The summed E-state index contributed by atoms with van der Waals surface area (Å²) < 4.78 is 0. The zero-order valence-corrected chi connectivity index (χ0v) is 18.1. The molecule has 0 saturated carbocycles. The average molecular weight is 418 g/mol. The Kier molecular flexibility index (Phi) is 6.93. The van der Waals surface area contributed by atoms with E-state index < -0.39 is 5.91 Å². The fourth-order valence-electron chi connectivity index (χ4n) is 3.53. The van der Waals surface area contributed by atoms with Crippen LogP contribution < -0.4 is 15.5 Å². The molecule has 1 saturated heterocycles. The second kappa shape index (κ2) is 9.81. The Morgan fingerprint density at radius 3 is 2.16 bits per heavy atom. The minimum atomic E-state index is -0.452. The van der Waals surface area contributed by atoms with Gasteiger partial charge in [-0.1, -0.05) is 12.1 Å². The zero-order valence-electron chi connectivity index (χ0n) is 18.1. The number of piperazine rings is 1. The van der Waals surface area contributed by atoms with Crippen molar-refractivity contribution in [1.29, 1.82) is 5.26 Å². The highest BCUT2D eigenvalue weighted by atomic mass is 16.2. The summed E-state index contributed by atoms with van der Waals surface area (Å²) in [5.74, 6) is -0.615. The van der Waals surface area contributed by atoms with Crippen LogP contribution in [0.5, 0.6) is 0 Å². The van der Waals surface area contributed by atoms with Crippen LogP contribution in [0.25, 0.3) is 0 Å². The van der Waals surface area contributed by atoms with Crippen LogP contribution in [0.15, 0.2) is 54.2 Å². The minimum Gasteiger partial charge on any atom is -0.373 e. The number of aryl methyl sites for hydroxylation is 1. The van der Waals surface area contributed by atoms with E-state index in [0.29, 0.717) is 11.4 Å². The van der Waals surface area contributed by atoms with Crippen LogP contribution in [0.2, 0.25) is 0 Å². The summed E-state index contributed by atoms with van der Waals surface area (Å²) in [4.78, 5) is 28.0. The molecule has 2 N–H and O–H groups in total.